The summed E-state index contributed by atoms with van der Waals surface area (Å²) in [6, 6.07) is 10.1. The largest absolute Gasteiger partial charge is 0.277 e. The van der Waals surface area contributed by atoms with Crippen LogP contribution in [-0.4, -0.2) is 22.3 Å². The molecule has 1 aliphatic heterocycles. The maximum Gasteiger partial charge on any atom is 0.234 e. The molecule has 2 amide bonds. The van der Waals surface area contributed by atoms with Crippen molar-refractivity contribution in [2.24, 2.45) is 23.7 Å². The van der Waals surface area contributed by atoms with Crippen LogP contribution in [0, 0.1) is 23.7 Å². The van der Waals surface area contributed by atoms with Crippen LogP contribution in [0.2, 0.25) is 0 Å². The van der Waals surface area contributed by atoms with Gasteiger partial charge >= 0.3 is 0 Å². The lowest BCUT2D eigenvalue weighted by Gasteiger charge is -2.31. The van der Waals surface area contributed by atoms with E-state index in [4.69, 9.17) is 0 Å². The van der Waals surface area contributed by atoms with Crippen molar-refractivity contribution >= 4 is 17.9 Å². The van der Waals surface area contributed by atoms with Crippen LogP contribution < -0.4 is 0 Å². The van der Waals surface area contributed by atoms with Gasteiger partial charge in [-0.15, -0.1) is 6.58 Å². The number of likely N-dealkylation sites (tertiary alicyclic amines) is 1. The fourth-order valence-electron chi connectivity index (χ4n) is 4.12. The molecule has 1 saturated heterocycles. The van der Waals surface area contributed by atoms with Gasteiger partial charge in [-0.1, -0.05) is 48.6 Å². The Labute approximate surface area is 144 Å². The zero-order valence-electron chi connectivity index (χ0n) is 14.6. The van der Waals surface area contributed by atoms with E-state index in [1.165, 1.54) is 4.90 Å². The van der Waals surface area contributed by atoms with Crippen molar-refractivity contribution < 1.29 is 9.59 Å². The molecule has 1 saturated carbocycles. The smallest absolute Gasteiger partial charge is 0.234 e. The second-order valence-corrected chi connectivity index (χ2v) is 7.80. The molecule has 3 nitrogen and oxygen atoms in total. The molecule has 0 unspecified atom stereocenters. The Kier molecular flexibility index (Phi) is 4.20. The lowest BCUT2D eigenvalue weighted by atomic mass is 9.89. The van der Waals surface area contributed by atoms with Gasteiger partial charge in [0.2, 0.25) is 11.8 Å². The fourth-order valence-corrected chi connectivity index (χ4v) is 4.12. The van der Waals surface area contributed by atoms with Gasteiger partial charge in [0.1, 0.15) is 0 Å². The molecule has 4 atom stereocenters. The predicted octanol–water partition coefficient (Wildman–Crippen LogP) is 3.92. The number of hydrogen-bond acceptors (Lipinski definition) is 2. The summed E-state index contributed by atoms with van der Waals surface area (Å²) in [7, 11) is 0. The second-order valence-electron chi connectivity index (χ2n) is 7.80. The molecule has 1 aromatic carbocycles. The van der Waals surface area contributed by atoms with Gasteiger partial charge in [-0.3, -0.25) is 14.5 Å². The van der Waals surface area contributed by atoms with Crippen molar-refractivity contribution in [1.82, 2.24) is 4.90 Å². The van der Waals surface area contributed by atoms with Crippen LogP contribution >= 0.6 is 0 Å². The Morgan fingerprint density at radius 1 is 1.04 bits per heavy atom. The highest BCUT2D eigenvalue weighted by atomic mass is 16.2. The number of imide groups is 1. The molecule has 24 heavy (non-hydrogen) atoms. The lowest BCUT2D eigenvalue weighted by molar-refractivity contribution is -0.146. The molecule has 2 aliphatic rings. The van der Waals surface area contributed by atoms with Gasteiger partial charge < -0.3 is 0 Å². The number of allylic oxidation sites excluding steroid dienone is 2. The lowest BCUT2D eigenvalue weighted by Crippen LogP contribution is -2.47. The molecule has 126 valence electrons. The van der Waals surface area contributed by atoms with E-state index >= 15 is 0 Å². The SMILES string of the molecule is C=C[C@H]1C[C@@H](/C=C/c2ccccc2)[C@H]2C(=O)N(C(C)(C)C)C(=O)[C@H]21. The molecule has 3 rings (SSSR count). The summed E-state index contributed by atoms with van der Waals surface area (Å²) in [5, 5.41) is 0. The number of hydrogen-bond donors (Lipinski definition) is 0. The molecular weight excluding hydrogens is 298 g/mol. The van der Waals surface area contributed by atoms with E-state index in [-0.39, 0.29) is 35.5 Å². The molecule has 2 fully saturated rings. The Morgan fingerprint density at radius 2 is 1.62 bits per heavy atom. The summed E-state index contributed by atoms with van der Waals surface area (Å²) in [6.07, 6.45) is 6.83. The van der Waals surface area contributed by atoms with E-state index in [0.29, 0.717) is 0 Å². The highest BCUT2D eigenvalue weighted by Gasteiger charge is 2.59. The van der Waals surface area contributed by atoms with Crippen molar-refractivity contribution in [3.63, 3.8) is 0 Å². The average Bonchev–Trinajstić information content (AvgIpc) is 3.03. The topological polar surface area (TPSA) is 37.4 Å². The minimum Gasteiger partial charge on any atom is -0.277 e. The van der Waals surface area contributed by atoms with E-state index in [1.807, 2.05) is 57.2 Å². The number of nitrogens with zero attached hydrogens (tertiary/aromatic N) is 1. The Hall–Kier alpha value is -2.16. The van der Waals surface area contributed by atoms with Crippen LogP contribution in [0.25, 0.3) is 6.08 Å². The number of fused-ring (bicyclic) bond motifs is 1. The van der Waals surface area contributed by atoms with E-state index in [0.717, 1.165) is 12.0 Å². The summed E-state index contributed by atoms with van der Waals surface area (Å²) < 4.78 is 0. The standard InChI is InChI=1S/C21H25NO2/c1-5-15-13-16(12-11-14-9-7-6-8-10-14)18-17(15)19(23)22(20(18)24)21(2,3)4/h5-12,15-18H,1,13H2,2-4H3/b12-11+/t15-,16+,17-,18+/m0/s1. The maximum atomic E-state index is 13.0. The number of benzene rings is 1. The third kappa shape index (κ3) is 2.72. The number of carbonyl (C=O) groups is 2. The molecule has 1 aliphatic carbocycles. The van der Waals surface area contributed by atoms with Crippen molar-refractivity contribution in [2.45, 2.75) is 32.7 Å². The predicted molar refractivity (Wildman–Crippen MR) is 95.9 cm³/mol. The van der Waals surface area contributed by atoms with Crippen molar-refractivity contribution in [3.8, 4) is 0 Å². The highest BCUT2D eigenvalue weighted by molar-refractivity contribution is 6.06. The van der Waals surface area contributed by atoms with Crippen LogP contribution in [0.1, 0.15) is 32.8 Å². The van der Waals surface area contributed by atoms with E-state index in [2.05, 4.69) is 18.7 Å². The summed E-state index contributed by atoms with van der Waals surface area (Å²) in [6.45, 7) is 9.65. The van der Waals surface area contributed by atoms with Crippen LogP contribution in [0.4, 0.5) is 0 Å². The Balaban J connectivity index is 1.91. The molecule has 1 heterocycles. The molecule has 0 aromatic heterocycles. The summed E-state index contributed by atoms with van der Waals surface area (Å²) in [4.78, 5) is 27.3. The second kappa shape index (κ2) is 6.04. The van der Waals surface area contributed by atoms with Crippen LogP contribution in [0.5, 0.6) is 0 Å². The van der Waals surface area contributed by atoms with Crippen LogP contribution in [0.3, 0.4) is 0 Å². The molecule has 1 aromatic rings. The quantitative estimate of drug-likeness (QED) is 0.624. The monoisotopic (exact) mass is 323 g/mol. The molecule has 3 heteroatoms. The minimum absolute atomic E-state index is 0.0236. The summed E-state index contributed by atoms with van der Waals surface area (Å²) in [5.74, 6) is -0.395. The minimum atomic E-state index is -0.474. The van der Waals surface area contributed by atoms with E-state index in [1.54, 1.807) is 0 Å². The normalized spacial score (nSPS) is 30.2. The Bertz CT molecular complexity index is 684. The molecule has 0 spiro atoms. The van der Waals surface area contributed by atoms with Crippen molar-refractivity contribution in [1.29, 1.82) is 0 Å². The van der Waals surface area contributed by atoms with E-state index < -0.39 is 5.54 Å². The van der Waals surface area contributed by atoms with Crippen molar-refractivity contribution in [2.75, 3.05) is 0 Å². The van der Waals surface area contributed by atoms with Crippen LogP contribution in [-0.2, 0) is 9.59 Å². The molecule has 0 bridgehead atoms. The van der Waals surface area contributed by atoms with Gasteiger partial charge in [0.05, 0.1) is 11.8 Å². The number of rotatable bonds is 3. The van der Waals surface area contributed by atoms with Gasteiger partial charge in [0.25, 0.3) is 0 Å². The highest BCUT2D eigenvalue weighted by Crippen LogP contribution is 2.50. The summed E-state index contributed by atoms with van der Waals surface area (Å²) in [5.41, 5.74) is 0.637. The summed E-state index contributed by atoms with van der Waals surface area (Å²) >= 11 is 0. The number of carbonyl (C=O) groups excluding carboxylic acids is 2. The third-order valence-electron chi connectivity index (χ3n) is 5.17. The fraction of sp³-hybridized carbons (Fsp3) is 0.429. The first-order valence-electron chi connectivity index (χ1n) is 8.58. The van der Waals surface area contributed by atoms with Gasteiger partial charge in [0, 0.05) is 5.54 Å². The first-order chi connectivity index (χ1) is 11.3. The zero-order valence-corrected chi connectivity index (χ0v) is 14.6. The average molecular weight is 323 g/mol. The first kappa shape index (κ1) is 16.7. The third-order valence-corrected chi connectivity index (χ3v) is 5.17. The molecule has 0 N–H and O–H groups in total. The number of amides is 2. The Morgan fingerprint density at radius 3 is 2.17 bits per heavy atom. The van der Waals surface area contributed by atoms with Crippen LogP contribution in [0.15, 0.2) is 49.1 Å². The molecule has 0 radical (unpaired) electrons. The van der Waals surface area contributed by atoms with Gasteiger partial charge in [-0.05, 0) is 44.6 Å². The van der Waals surface area contributed by atoms with Gasteiger partial charge in [-0.25, -0.2) is 0 Å². The van der Waals surface area contributed by atoms with E-state index in [9.17, 15) is 9.59 Å². The first-order valence-corrected chi connectivity index (χ1v) is 8.58. The zero-order chi connectivity index (χ0) is 17.5. The van der Waals surface area contributed by atoms with Crippen molar-refractivity contribution in [3.05, 3.63) is 54.6 Å². The maximum absolute atomic E-state index is 13.0. The van der Waals surface area contributed by atoms with Gasteiger partial charge in [-0.2, -0.15) is 0 Å². The van der Waals surface area contributed by atoms with Gasteiger partial charge in [0.15, 0.2) is 0 Å². The molecular formula is C21H25NO2.